The van der Waals surface area contributed by atoms with Crippen LogP contribution in [0.25, 0.3) is 0 Å². The summed E-state index contributed by atoms with van der Waals surface area (Å²) in [5, 5.41) is 3.55. The van der Waals surface area contributed by atoms with Crippen LogP contribution in [-0.4, -0.2) is 35.9 Å². The first-order chi connectivity index (χ1) is 14.4. The molecule has 0 unspecified atom stereocenters. The number of hydrogen-bond donors (Lipinski definition) is 2. The lowest BCUT2D eigenvalue weighted by Crippen LogP contribution is -2.69. The molecule has 0 radical (unpaired) electrons. The summed E-state index contributed by atoms with van der Waals surface area (Å²) in [4.78, 5) is 24.8. The third kappa shape index (κ3) is 6.20. The van der Waals surface area contributed by atoms with Crippen molar-refractivity contribution < 1.29 is 41.0 Å². The Kier molecular flexibility index (Phi) is 7.32. The molecule has 168 valence electrons. The number of ether oxygens (including phenoxy) is 2. The van der Waals surface area contributed by atoms with Gasteiger partial charge < -0.3 is 20.1 Å². The molecule has 12 heteroatoms. The number of carbonyl (C=O) groups excluding carboxylic acids is 2. The number of nitrogens with one attached hydrogen (secondary N) is 2. The van der Waals surface area contributed by atoms with Gasteiger partial charge >= 0.3 is 23.4 Å². The van der Waals surface area contributed by atoms with Crippen molar-refractivity contribution in [3.63, 3.8) is 0 Å². The van der Waals surface area contributed by atoms with Crippen molar-refractivity contribution >= 4 is 29.2 Å². The number of benzene rings is 2. The van der Waals surface area contributed by atoms with Crippen molar-refractivity contribution in [1.29, 1.82) is 0 Å². The highest BCUT2D eigenvalue weighted by Crippen LogP contribution is 2.34. The largest absolute Gasteiger partial charge is 0.487 e. The Morgan fingerprint density at radius 1 is 0.968 bits per heavy atom. The normalized spacial score (nSPS) is 13.6. The summed E-state index contributed by atoms with van der Waals surface area (Å²) >= 11 is 4.64. The number of esters is 1. The molecular formula is C19H16ClF5N2O4. The molecule has 2 aromatic carbocycles. The average molecular weight is 467 g/mol. The monoisotopic (exact) mass is 466 g/mol. The Morgan fingerprint density at radius 2 is 1.55 bits per heavy atom. The summed E-state index contributed by atoms with van der Waals surface area (Å²) in [5.41, 5.74) is -8.20. The third-order valence-corrected chi connectivity index (χ3v) is 3.84. The highest BCUT2D eigenvalue weighted by molar-refractivity contribution is 6.20. The van der Waals surface area contributed by atoms with Gasteiger partial charge in [0.05, 0.1) is 6.61 Å². The van der Waals surface area contributed by atoms with Crippen LogP contribution in [0.15, 0.2) is 54.6 Å². The fourth-order valence-corrected chi connectivity index (χ4v) is 2.51. The van der Waals surface area contributed by atoms with Crippen LogP contribution in [0.5, 0.6) is 5.75 Å². The van der Waals surface area contributed by atoms with Crippen LogP contribution in [0.1, 0.15) is 17.3 Å². The van der Waals surface area contributed by atoms with Crippen LogP contribution < -0.4 is 15.4 Å². The lowest BCUT2D eigenvalue weighted by molar-refractivity contribution is -0.204. The molecule has 1 atom stereocenters. The Labute approximate surface area is 178 Å². The fraction of sp³-hybridized carbons (Fsp3) is 0.263. The lowest BCUT2D eigenvalue weighted by Gasteiger charge is -2.35. The van der Waals surface area contributed by atoms with E-state index in [1.165, 1.54) is 31.2 Å². The van der Waals surface area contributed by atoms with E-state index in [0.717, 1.165) is 24.3 Å². The molecule has 0 saturated carbocycles. The molecular weight excluding hydrogens is 451 g/mol. The number of hydrogen-bond acceptors (Lipinski definition) is 5. The summed E-state index contributed by atoms with van der Waals surface area (Å²) in [7, 11) is 0. The molecule has 0 aliphatic heterocycles. The maximum atomic E-state index is 14.1. The Hall–Kier alpha value is -3.08. The summed E-state index contributed by atoms with van der Waals surface area (Å²) in [5.74, 6) is -3.48. The maximum Gasteiger partial charge on any atom is 0.487 e. The summed E-state index contributed by atoms with van der Waals surface area (Å²) in [6.45, 7) is 0.883. The zero-order chi connectivity index (χ0) is 23.3. The molecule has 1 amide bonds. The minimum absolute atomic E-state index is 0.143. The van der Waals surface area contributed by atoms with E-state index in [0.29, 0.717) is 0 Å². The van der Waals surface area contributed by atoms with Gasteiger partial charge in [0.1, 0.15) is 5.75 Å². The molecule has 6 nitrogen and oxygen atoms in total. The first-order valence-corrected chi connectivity index (χ1v) is 9.01. The molecule has 0 spiro atoms. The van der Waals surface area contributed by atoms with Gasteiger partial charge in [0.15, 0.2) is 0 Å². The third-order valence-electron chi connectivity index (χ3n) is 3.76. The van der Waals surface area contributed by atoms with Gasteiger partial charge in [-0.25, -0.2) is 4.79 Å². The molecule has 0 heterocycles. The number of amides is 1. The SMILES string of the molecule is CCOC(=O)[C@](NC(=O)c1ccccc1)(Nc1ccc(OC(F)(F)Cl)cc1)C(F)(F)F. The quantitative estimate of drug-likeness (QED) is 0.259. The molecule has 2 N–H and O–H groups in total. The van der Waals surface area contributed by atoms with E-state index in [9.17, 15) is 31.5 Å². The van der Waals surface area contributed by atoms with Crippen molar-refractivity contribution in [3.8, 4) is 5.75 Å². The van der Waals surface area contributed by atoms with Crippen LogP contribution in [-0.2, 0) is 9.53 Å². The molecule has 2 rings (SSSR count). The van der Waals surface area contributed by atoms with Crippen LogP contribution in [0.3, 0.4) is 0 Å². The first-order valence-electron chi connectivity index (χ1n) is 8.63. The van der Waals surface area contributed by atoms with Gasteiger partial charge in [-0.3, -0.25) is 4.79 Å². The van der Waals surface area contributed by atoms with Gasteiger partial charge in [0.2, 0.25) is 0 Å². The molecule has 0 aromatic heterocycles. The predicted molar refractivity (Wildman–Crippen MR) is 101 cm³/mol. The lowest BCUT2D eigenvalue weighted by atomic mass is 10.1. The van der Waals surface area contributed by atoms with Crippen molar-refractivity contribution in [2.75, 3.05) is 11.9 Å². The second kappa shape index (κ2) is 9.38. The predicted octanol–water partition coefficient (Wildman–Crippen LogP) is 4.52. The van der Waals surface area contributed by atoms with Gasteiger partial charge in [0, 0.05) is 22.9 Å². The van der Waals surface area contributed by atoms with Crippen LogP contribution in [0.4, 0.5) is 27.6 Å². The Morgan fingerprint density at radius 3 is 2.03 bits per heavy atom. The van der Waals surface area contributed by atoms with Gasteiger partial charge in [-0.05, 0) is 43.3 Å². The van der Waals surface area contributed by atoms with E-state index in [1.807, 2.05) is 5.32 Å². The van der Waals surface area contributed by atoms with E-state index in [1.54, 1.807) is 11.4 Å². The van der Waals surface area contributed by atoms with Crippen LogP contribution in [0.2, 0.25) is 0 Å². The molecule has 2 aromatic rings. The topological polar surface area (TPSA) is 76.7 Å². The Balaban J connectivity index is 2.43. The highest BCUT2D eigenvalue weighted by Gasteiger charge is 2.63. The van der Waals surface area contributed by atoms with Crippen LogP contribution >= 0.6 is 11.6 Å². The van der Waals surface area contributed by atoms with Crippen molar-refractivity contribution in [2.24, 2.45) is 0 Å². The number of halogens is 6. The zero-order valence-electron chi connectivity index (χ0n) is 15.8. The smallest absolute Gasteiger partial charge is 0.463 e. The first kappa shape index (κ1) is 24.2. The number of anilines is 1. The van der Waals surface area contributed by atoms with Crippen molar-refractivity contribution in [3.05, 3.63) is 60.2 Å². The maximum absolute atomic E-state index is 14.1. The van der Waals surface area contributed by atoms with Gasteiger partial charge in [-0.1, -0.05) is 18.2 Å². The van der Waals surface area contributed by atoms with E-state index >= 15 is 0 Å². The molecule has 31 heavy (non-hydrogen) atoms. The summed E-state index contributed by atoms with van der Waals surface area (Å²) in [6.07, 6.45) is -5.36. The van der Waals surface area contributed by atoms with Crippen LogP contribution in [0, 0.1) is 0 Å². The van der Waals surface area contributed by atoms with Crippen molar-refractivity contribution in [1.82, 2.24) is 5.32 Å². The van der Waals surface area contributed by atoms with E-state index in [-0.39, 0.29) is 11.3 Å². The van der Waals surface area contributed by atoms with E-state index in [2.05, 4.69) is 21.1 Å². The standard InChI is InChI=1S/C19H16ClF5N2O4/c1-2-30-16(29)17(18(21,22)23,27-15(28)12-6-4-3-5-7-12)26-13-8-10-14(11-9-13)31-19(20,24)25/h3-11,26H,2H2,1H3,(H,27,28)/t17-/m1/s1. The van der Waals surface area contributed by atoms with Gasteiger partial charge in [0.25, 0.3) is 5.91 Å². The van der Waals surface area contributed by atoms with E-state index < -0.39 is 41.6 Å². The minimum Gasteiger partial charge on any atom is -0.463 e. The van der Waals surface area contributed by atoms with Gasteiger partial charge in [-0.15, -0.1) is 8.78 Å². The Bertz CT molecular complexity index is 904. The zero-order valence-corrected chi connectivity index (χ0v) is 16.6. The molecule has 0 aliphatic rings. The number of alkyl halides is 6. The molecule has 0 saturated heterocycles. The second-order valence-electron chi connectivity index (χ2n) is 5.99. The van der Waals surface area contributed by atoms with E-state index in [4.69, 9.17) is 0 Å². The summed E-state index contributed by atoms with van der Waals surface area (Å²) < 4.78 is 76.3. The summed E-state index contributed by atoms with van der Waals surface area (Å²) in [6, 6.07) is 10.5. The highest BCUT2D eigenvalue weighted by atomic mass is 35.5. The average Bonchev–Trinajstić information content (AvgIpc) is 2.67. The number of carbonyl (C=O) groups is 2. The minimum atomic E-state index is -5.36. The second-order valence-corrected chi connectivity index (χ2v) is 6.43. The molecule has 0 fully saturated rings. The number of rotatable bonds is 8. The van der Waals surface area contributed by atoms with Crippen molar-refractivity contribution in [2.45, 2.75) is 24.3 Å². The molecule has 0 bridgehead atoms. The van der Waals surface area contributed by atoms with Gasteiger partial charge in [-0.2, -0.15) is 13.2 Å². The fourth-order valence-electron chi connectivity index (χ4n) is 2.42. The molecule has 0 aliphatic carbocycles.